The largest absolute Gasteiger partial charge is 0.389 e. The van der Waals surface area contributed by atoms with E-state index in [1.54, 1.807) is 19.9 Å². The molecule has 0 saturated heterocycles. The number of nitriles is 1. The van der Waals surface area contributed by atoms with E-state index in [0.29, 0.717) is 30.6 Å². The number of aryl methyl sites for hydroxylation is 1. The molecule has 0 heterocycles. The van der Waals surface area contributed by atoms with Gasteiger partial charge >= 0.3 is 0 Å². The highest BCUT2D eigenvalue weighted by molar-refractivity contribution is 5.56. The maximum Gasteiger partial charge on any atom is 0.126 e. The first kappa shape index (κ1) is 14.5. The van der Waals surface area contributed by atoms with Gasteiger partial charge in [0.05, 0.1) is 18.6 Å². The number of nitrogens with zero attached hydrogens (tertiary/aromatic N) is 2. The van der Waals surface area contributed by atoms with Crippen LogP contribution in [-0.2, 0) is 0 Å². The number of aliphatic hydroxyl groups excluding tert-OH is 1. The number of anilines is 1. The van der Waals surface area contributed by atoms with Crippen molar-refractivity contribution in [3.63, 3.8) is 0 Å². The Morgan fingerprint density at radius 1 is 1.50 bits per heavy atom. The van der Waals surface area contributed by atoms with Gasteiger partial charge in [-0.15, -0.1) is 0 Å². The molecule has 4 heteroatoms. The molecule has 1 aromatic carbocycles. The number of hydrogen-bond donors (Lipinski definition) is 1. The summed E-state index contributed by atoms with van der Waals surface area (Å²) in [5.74, 6) is -0.314. The van der Waals surface area contributed by atoms with Crippen LogP contribution in [0.4, 0.5) is 10.1 Å². The lowest BCUT2D eigenvalue weighted by molar-refractivity contribution is 0.199. The third-order valence-electron chi connectivity index (χ3n) is 2.97. The lowest BCUT2D eigenvalue weighted by atomic mass is 10.0. The van der Waals surface area contributed by atoms with Crippen molar-refractivity contribution in [3.05, 3.63) is 29.1 Å². The number of aliphatic hydroxyl groups is 1. The summed E-state index contributed by atoms with van der Waals surface area (Å²) in [5.41, 5.74) is 1.92. The second kappa shape index (κ2) is 6.36. The Bertz CT molecular complexity index is 452. The van der Waals surface area contributed by atoms with E-state index in [2.05, 4.69) is 6.07 Å². The Hall–Kier alpha value is -1.60. The minimum Gasteiger partial charge on any atom is -0.389 e. The molecule has 3 nitrogen and oxygen atoms in total. The smallest absolute Gasteiger partial charge is 0.126 e. The van der Waals surface area contributed by atoms with Crippen molar-refractivity contribution in [1.82, 2.24) is 0 Å². The fraction of sp³-hybridized carbons (Fsp3) is 0.500. The molecule has 0 aliphatic heterocycles. The van der Waals surface area contributed by atoms with Crippen molar-refractivity contribution >= 4 is 5.69 Å². The second-order valence-electron chi connectivity index (χ2n) is 4.32. The summed E-state index contributed by atoms with van der Waals surface area (Å²) in [6, 6.07) is 5.21. The van der Waals surface area contributed by atoms with Crippen LogP contribution in [0, 0.1) is 24.1 Å². The van der Waals surface area contributed by atoms with Crippen LogP contribution in [-0.4, -0.2) is 18.2 Å². The van der Waals surface area contributed by atoms with E-state index in [4.69, 9.17) is 5.26 Å². The molecule has 98 valence electrons. The summed E-state index contributed by atoms with van der Waals surface area (Å²) in [4.78, 5) is 1.98. The van der Waals surface area contributed by atoms with Gasteiger partial charge in [-0.05, 0) is 38.5 Å². The zero-order chi connectivity index (χ0) is 13.7. The van der Waals surface area contributed by atoms with Crippen molar-refractivity contribution in [2.75, 3.05) is 18.0 Å². The van der Waals surface area contributed by atoms with Crippen LogP contribution in [0.2, 0.25) is 0 Å². The molecule has 0 unspecified atom stereocenters. The monoisotopic (exact) mass is 250 g/mol. The summed E-state index contributed by atoms with van der Waals surface area (Å²) in [6.07, 6.45) is -0.324. The topological polar surface area (TPSA) is 47.3 Å². The van der Waals surface area contributed by atoms with Gasteiger partial charge < -0.3 is 10.0 Å². The number of hydrogen-bond acceptors (Lipinski definition) is 3. The van der Waals surface area contributed by atoms with Crippen LogP contribution < -0.4 is 4.90 Å². The zero-order valence-electron chi connectivity index (χ0n) is 11.1. The third kappa shape index (κ3) is 3.21. The summed E-state index contributed by atoms with van der Waals surface area (Å²) >= 11 is 0. The van der Waals surface area contributed by atoms with Gasteiger partial charge in [0.1, 0.15) is 5.82 Å². The zero-order valence-corrected chi connectivity index (χ0v) is 11.1. The van der Waals surface area contributed by atoms with Crippen molar-refractivity contribution in [2.24, 2.45) is 0 Å². The maximum absolute atomic E-state index is 13.6. The molecule has 1 aromatic rings. The van der Waals surface area contributed by atoms with Gasteiger partial charge in [-0.1, -0.05) is 0 Å². The summed E-state index contributed by atoms with van der Waals surface area (Å²) in [6.45, 7) is 6.58. The summed E-state index contributed by atoms with van der Waals surface area (Å²) in [5, 5.41) is 18.4. The van der Waals surface area contributed by atoms with Crippen LogP contribution in [0.5, 0.6) is 0 Å². The highest BCUT2D eigenvalue weighted by Crippen LogP contribution is 2.29. The second-order valence-corrected chi connectivity index (χ2v) is 4.32. The number of halogens is 1. The van der Waals surface area contributed by atoms with Crippen LogP contribution in [0.3, 0.4) is 0 Å². The van der Waals surface area contributed by atoms with Gasteiger partial charge in [0.25, 0.3) is 0 Å². The van der Waals surface area contributed by atoms with Gasteiger partial charge in [0, 0.05) is 24.3 Å². The lowest BCUT2D eigenvalue weighted by Gasteiger charge is -2.26. The van der Waals surface area contributed by atoms with Crippen LogP contribution >= 0.6 is 0 Å². The third-order valence-corrected chi connectivity index (χ3v) is 2.97. The molecular formula is C14H19FN2O. The summed E-state index contributed by atoms with van der Waals surface area (Å²) in [7, 11) is 0. The number of rotatable bonds is 5. The standard InChI is InChI=1S/C14H19FN2O/c1-4-17(7-5-6-16)14-8-10(2)13(15)9-12(14)11(3)18/h8-9,11,18H,4-5,7H2,1-3H3/t11-/m1/s1. The molecule has 1 atom stereocenters. The molecule has 0 saturated carbocycles. The summed E-state index contributed by atoms with van der Waals surface area (Å²) < 4.78 is 13.6. The van der Waals surface area contributed by atoms with E-state index in [-0.39, 0.29) is 5.82 Å². The Kier molecular flexibility index (Phi) is 5.11. The van der Waals surface area contributed by atoms with Gasteiger partial charge in [0.2, 0.25) is 0 Å². The normalized spacial score (nSPS) is 12.0. The quantitative estimate of drug-likeness (QED) is 0.874. The fourth-order valence-electron chi connectivity index (χ4n) is 1.92. The van der Waals surface area contributed by atoms with Crippen molar-refractivity contribution < 1.29 is 9.50 Å². The van der Waals surface area contributed by atoms with Crippen molar-refractivity contribution in [3.8, 4) is 6.07 Å². The Balaban J connectivity index is 3.19. The maximum atomic E-state index is 13.6. The average Bonchev–Trinajstić information content (AvgIpc) is 2.33. The van der Waals surface area contributed by atoms with E-state index in [1.807, 2.05) is 11.8 Å². The van der Waals surface area contributed by atoms with Crippen LogP contribution in [0.25, 0.3) is 0 Å². The average molecular weight is 250 g/mol. The minimum atomic E-state index is -0.730. The molecule has 0 bridgehead atoms. The van der Waals surface area contributed by atoms with E-state index in [0.717, 1.165) is 5.69 Å². The van der Waals surface area contributed by atoms with Gasteiger partial charge in [-0.25, -0.2) is 4.39 Å². The van der Waals surface area contributed by atoms with E-state index in [9.17, 15) is 9.50 Å². The van der Waals surface area contributed by atoms with Crippen LogP contribution in [0.1, 0.15) is 37.5 Å². The molecule has 1 rings (SSSR count). The Morgan fingerprint density at radius 3 is 2.67 bits per heavy atom. The van der Waals surface area contributed by atoms with Crippen LogP contribution in [0.15, 0.2) is 12.1 Å². The lowest BCUT2D eigenvalue weighted by Crippen LogP contribution is -2.25. The molecule has 0 fully saturated rings. The Labute approximate surface area is 107 Å². The van der Waals surface area contributed by atoms with E-state index < -0.39 is 6.10 Å². The van der Waals surface area contributed by atoms with Gasteiger partial charge in [-0.3, -0.25) is 0 Å². The van der Waals surface area contributed by atoms with E-state index in [1.165, 1.54) is 6.07 Å². The predicted molar refractivity (Wildman–Crippen MR) is 69.9 cm³/mol. The first-order valence-electron chi connectivity index (χ1n) is 6.11. The molecule has 0 aliphatic carbocycles. The van der Waals surface area contributed by atoms with Gasteiger partial charge in [0.15, 0.2) is 0 Å². The first-order chi connectivity index (χ1) is 8.51. The van der Waals surface area contributed by atoms with Crippen molar-refractivity contribution in [1.29, 1.82) is 5.26 Å². The fourth-order valence-corrected chi connectivity index (χ4v) is 1.92. The molecule has 0 aliphatic rings. The molecule has 1 N–H and O–H groups in total. The highest BCUT2D eigenvalue weighted by atomic mass is 19.1. The molecular weight excluding hydrogens is 231 g/mol. The SMILES string of the molecule is CCN(CCC#N)c1cc(C)c(F)cc1[C@@H](C)O. The molecule has 0 aromatic heterocycles. The van der Waals surface area contributed by atoms with Crippen molar-refractivity contribution in [2.45, 2.75) is 33.3 Å². The highest BCUT2D eigenvalue weighted by Gasteiger charge is 2.16. The molecule has 0 spiro atoms. The predicted octanol–water partition coefficient (Wildman–Crippen LogP) is 2.93. The molecule has 18 heavy (non-hydrogen) atoms. The Morgan fingerprint density at radius 2 is 2.17 bits per heavy atom. The van der Waals surface area contributed by atoms with E-state index >= 15 is 0 Å². The van der Waals surface area contributed by atoms with Gasteiger partial charge in [-0.2, -0.15) is 5.26 Å². The number of benzene rings is 1. The minimum absolute atomic E-state index is 0.314. The first-order valence-corrected chi connectivity index (χ1v) is 6.11. The molecule has 0 radical (unpaired) electrons. The molecule has 0 amide bonds.